The number of hydrogen-bond acceptors (Lipinski definition) is 4. The van der Waals surface area contributed by atoms with Crippen LogP contribution >= 0.6 is 10.7 Å². The van der Waals surface area contributed by atoms with Gasteiger partial charge in [-0.05, 0) is 0 Å². The van der Waals surface area contributed by atoms with Gasteiger partial charge >= 0.3 is 0 Å². The molecule has 5 nitrogen and oxygen atoms in total. The van der Waals surface area contributed by atoms with Gasteiger partial charge in [0.15, 0.2) is 11.3 Å². The molecule has 1 aromatic rings. The summed E-state index contributed by atoms with van der Waals surface area (Å²) in [5.74, 6) is 0. The van der Waals surface area contributed by atoms with Crippen molar-refractivity contribution in [2.24, 2.45) is 0 Å². The van der Waals surface area contributed by atoms with E-state index in [9.17, 15) is 13.2 Å². The predicted octanol–water partition coefficient (Wildman–Crippen LogP) is 0.150. The van der Waals surface area contributed by atoms with Crippen LogP contribution in [0.5, 0.6) is 0 Å². The van der Waals surface area contributed by atoms with Crippen LogP contribution in [0.15, 0.2) is 11.4 Å². The van der Waals surface area contributed by atoms with Crippen LogP contribution in [-0.4, -0.2) is 24.7 Å². The molecule has 0 radical (unpaired) electrons. The third-order valence-corrected chi connectivity index (χ3v) is 2.26. The molecule has 0 unspecified atom stereocenters. The number of hydrogen-bond donors (Lipinski definition) is 1. The summed E-state index contributed by atoms with van der Waals surface area (Å²) in [5, 5.41) is -0.367. The van der Waals surface area contributed by atoms with Gasteiger partial charge in [0.1, 0.15) is 5.69 Å². The summed E-state index contributed by atoms with van der Waals surface area (Å²) in [6.07, 6.45) is 1.39. The predicted molar refractivity (Wildman–Crippen MR) is 37.0 cm³/mol. The Kier molecular flexibility index (Phi) is 1.97. The molecule has 0 bridgehead atoms. The van der Waals surface area contributed by atoms with E-state index in [1.807, 2.05) is 0 Å². The van der Waals surface area contributed by atoms with Crippen LogP contribution in [0.2, 0.25) is 0 Å². The number of aldehydes is 1. The molecule has 0 amide bonds. The lowest BCUT2D eigenvalue weighted by molar-refractivity contribution is 0.111. The van der Waals surface area contributed by atoms with Crippen LogP contribution in [0.4, 0.5) is 0 Å². The van der Waals surface area contributed by atoms with Crippen molar-refractivity contribution in [1.29, 1.82) is 0 Å². The van der Waals surface area contributed by atoms with Crippen LogP contribution in [-0.2, 0) is 9.05 Å². The van der Waals surface area contributed by atoms with Gasteiger partial charge in [-0.3, -0.25) is 4.79 Å². The molecule has 0 saturated heterocycles. The van der Waals surface area contributed by atoms with Crippen LogP contribution < -0.4 is 0 Å². The number of halogens is 1. The first-order valence-corrected chi connectivity index (χ1v) is 4.80. The minimum atomic E-state index is -3.88. The Morgan fingerprint density at radius 3 is 2.64 bits per heavy atom. The molecule has 0 saturated carbocycles. The number of aromatic nitrogens is 2. The number of nitrogens with one attached hydrogen (secondary N) is 1. The Balaban J connectivity index is 3.35. The van der Waals surface area contributed by atoms with E-state index in [1.165, 1.54) is 0 Å². The first-order valence-electron chi connectivity index (χ1n) is 2.49. The molecule has 1 heterocycles. The van der Waals surface area contributed by atoms with Crippen LogP contribution in [0.3, 0.4) is 0 Å². The number of carbonyl (C=O) groups excluding carboxylic acids is 1. The molecule has 11 heavy (non-hydrogen) atoms. The standard InChI is InChI=1S/C4H3ClN2O3S/c5-11(9,10)4-3(1-8)6-2-7-4/h1-2H,(H,6,7). The highest BCUT2D eigenvalue weighted by Gasteiger charge is 2.17. The van der Waals surface area contributed by atoms with Crippen molar-refractivity contribution in [1.82, 2.24) is 9.97 Å². The first kappa shape index (κ1) is 8.22. The van der Waals surface area contributed by atoms with Crippen molar-refractivity contribution in [2.45, 2.75) is 5.03 Å². The van der Waals surface area contributed by atoms with E-state index in [-0.39, 0.29) is 10.7 Å². The molecule has 0 aromatic carbocycles. The molecule has 0 spiro atoms. The number of nitrogens with zero attached hydrogens (tertiary/aromatic N) is 1. The highest BCUT2D eigenvalue weighted by Crippen LogP contribution is 2.13. The summed E-state index contributed by atoms with van der Waals surface area (Å²) in [6.45, 7) is 0. The fraction of sp³-hybridized carbons (Fsp3) is 0. The molecule has 0 aliphatic rings. The SMILES string of the molecule is O=Cc1nc[nH]c1S(=O)(=O)Cl. The molecule has 0 aliphatic carbocycles. The number of aromatic amines is 1. The maximum Gasteiger partial charge on any atom is 0.278 e. The molecule has 60 valence electrons. The Labute approximate surface area is 66.8 Å². The number of H-pyrrole nitrogens is 1. The fourth-order valence-electron chi connectivity index (χ4n) is 0.572. The average molecular weight is 195 g/mol. The van der Waals surface area contributed by atoms with Gasteiger partial charge in [-0.2, -0.15) is 0 Å². The molecule has 0 atom stereocenters. The van der Waals surface area contributed by atoms with Gasteiger partial charge in [0, 0.05) is 10.7 Å². The fourth-order valence-corrected chi connectivity index (χ4v) is 1.49. The number of carbonyl (C=O) groups is 1. The summed E-state index contributed by atoms with van der Waals surface area (Å²) in [6, 6.07) is 0. The number of imidazole rings is 1. The molecule has 0 aliphatic heterocycles. The van der Waals surface area contributed by atoms with Crippen molar-refractivity contribution in [3.05, 3.63) is 12.0 Å². The van der Waals surface area contributed by atoms with Crippen LogP contribution in [0.25, 0.3) is 0 Å². The monoisotopic (exact) mass is 194 g/mol. The van der Waals surface area contributed by atoms with Crippen molar-refractivity contribution in [3.63, 3.8) is 0 Å². The summed E-state index contributed by atoms with van der Waals surface area (Å²) in [4.78, 5) is 15.8. The highest BCUT2D eigenvalue weighted by atomic mass is 35.7. The summed E-state index contributed by atoms with van der Waals surface area (Å²) in [5.41, 5.74) is -0.208. The van der Waals surface area contributed by atoms with Crippen molar-refractivity contribution in [2.75, 3.05) is 0 Å². The highest BCUT2D eigenvalue weighted by molar-refractivity contribution is 8.13. The lowest BCUT2D eigenvalue weighted by Gasteiger charge is -1.88. The minimum absolute atomic E-state index is 0.208. The second kappa shape index (κ2) is 2.63. The zero-order valence-corrected chi connectivity index (χ0v) is 6.69. The van der Waals surface area contributed by atoms with Gasteiger partial charge in [0.25, 0.3) is 9.05 Å². The summed E-state index contributed by atoms with van der Waals surface area (Å²) >= 11 is 0. The van der Waals surface area contributed by atoms with Gasteiger partial charge in [0.05, 0.1) is 6.33 Å². The van der Waals surface area contributed by atoms with E-state index in [2.05, 4.69) is 9.97 Å². The molecular weight excluding hydrogens is 192 g/mol. The topological polar surface area (TPSA) is 79.9 Å². The van der Waals surface area contributed by atoms with E-state index >= 15 is 0 Å². The summed E-state index contributed by atoms with van der Waals surface area (Å²) in [7, 11) is 1.05. The first-order chi connectivity index (χ1) is 5.05. The van der Waals surface area contributed by atoms with Crippen LogP contribution in [0, 0.1) is 0 Å². The van der Waals surface area contributed by atoms with Gasteiger partial charge in [0.2, 0.25) is 0 Å². The zero-order chi connectivity index (χ0) is 8.48. The van der Waals surface area contributed by atoms with Crippen molar-refractivity contribution < 1.29 is 13.2 Å². The third kappa shape index (κ3) is 1.58. The van der Waals surface area contributed by atoms with Crippen molar-refractivity contribution >= 4 is 26.0 Å². The van der Waals surface area contributed by atoms with E-state index < -0.39 is 9.05 Å². The normalized spacial score (nSPS) is 11.4. The number of rotatable bonds is 2. The molecule has 7 heteroatoms. The zero-order valence-electron chi connectivity index (χ0n) is 5.11. The Morgan fingerprint density at radius 1 is 1.64 bits per heavy atom. The van der Waals surface area contributed by atoms with E-state index in [0.717, 1.165) is 6.33 Å². The van der Waals surface area contributed by atoms with E-state index in [4.69, 9.17) is 10.7 Å². The van der Waals surface area contributed by atoms with Crippen LogP contribution in [0.1, 0.15) is 10.5 Å². The maximum atomic E-state index is 10.6. The second-order valence-electron chi connectivity index (χ2n) is 1.67. The van der Waals surface area contributed by atoms with Crippen molar-refractivity contribution in [3.8, 4) is 0 Å². The average Bonchev–Trinajstić information content (AvgIpc) is 2.31. The molecular formula is C4H3ClN2O3S. The molecule has 1 rings (SSSR count). The quantitative estimate of drug-likeness (QED) is 0.537. The lowest BCUT2D eigenvalue weighted by atomic mass is 10.5. The smallest absolute Gasteiger partial charge is 0.278 e. The van der Waals surface area contributed by atoms with E-state index in [0.29, 0.717) is 6.29 Å². The largest absolute Gasteiger partial charge is 0.334 e. The Hall–Kier alpha value is -0.880. The van der Waals surface area contributed by atoms with Gasteiger partial charge in [-0.15, -0.1) is 0 Å². The lowest BCUT2D eigenvalue weighted by Crippen LogP contribution is -1.95. The Bertz CT molecular complexity index is 368. The maximum absolute atomic E-state index is 10.6. The molecule has 1 aromatic heterocycles. The van der Waals surface area contributed by atoms with Gasteiger partial charge < -0.3 is 4.98 Å². The van der Waals surface area contributed by atoms with E-state index in [1.54, 1.807) is 0 Å². The Morgan fingerprint density at radius 2 is 2.27 bits per heavy atom. The van der Waals surface area contributed by atoms with Gasteiger partial charge in [-0.25, -0.2) is 13.4 Å². The second-order valence-corrected chi connectivity index (χ2v) is 4.18. The molecule has 1 N–H and O–H groups in total. The van der Waals surface area contributed by atoms with Gasteiger partial charge in [-0.1, -0.05) is 0 Å². The summed E-state index contributed by atoms with van der Waals surface area (Å²) < 4.78 is 21.2. The third-order valence-electron chi connectivity index (χ3n) is 0.987. The minimum Gasteiger partial charge on any atom is -0.334 e. The molecule has 0 fully saturated rings.